The number of carbonyl (C=O) groups excluding carboxylic acids is 2. The Balaban J connectivity index is 1.82. The molecule has 2 aromatic carbocycles. The van der Waals surface area contributed by atoms with Crippen molar-refractivity contribution in [2.45, 2.75) is 57.9 Å². The van der Waals surface area contributed by atoms with Crippen molar-refractivity contribution in [1.82, 2.24) is 15.2 Å². The van der Waals surface area contributed by atoms with Gasteiger partial charge in [-0.3, -0.25) is 19.4 Å². The summed E-state index contributed by atoms with van der Waals surface area (Å²) in [6.07, 6.45) is 0.853. The second-order valence-electron chi connectivity index (χ2n) is 8.08. The number of nitrogens with one attached hydrogen (secondary N) is 3. The minimum atomic E-state index is -0.463. The van der Waals surface area contributed by atoms with Gasteiger partial charge in [0.05, 0.1) is 10.9 Å². The van der Waals surface area contributed by atoms with Crippen LogP contribution in [0.2, 0.25) is 0 Å². The second-order valence-corrected chi connectivity index (χ2v) is 9.27. The molecule has 0 bridgehead atoms. The van der Waals surface area contributed by atoms with E-state index in [1.807, 2.05) is 52.0 Å². The Morgan fingerprint density at radius 2 is 1.65 bits per heavy atom. The maximum absolute atomic E-state index is 12.9. The van der Waals surface area contributed by atoms with Crippen molar-refractivity contribution in [1.29, 1.82) is 0 Å². The van der Waals surface area contributed by atoms with Gasteiger partial charge in [-0.15, -0.1) is 10.2 Å². The zero-order valence-electron chi connectivity index (χ0n) is 20.0. The fraction of sp³-hybridized carbons (Fsp3) is 0.320. The predicted molar refractivity (Wildman–Crippen MR) is 136 cm³/mol. The summed E-state index contributed by atoms with van der Waals surface area (Å²) < 4.78 is 0. The van der Waals surface area contributed by atoms with E-state index in [1.165, 1.54) is 0 Å². The van der Waals surface area contributed by atoms with E-state index in [0.717, 1.165) is 34.1 Å². The molecule has 9 heteroatoms. The number of amides is 2. The fourth-order valence-electron chi connectivity index (χ4n) is 3.38. The molecule has 3 aromatic rings. The Kier molecular flexibility index (Phi) is 8.22. The Bertz CT molecular complexity index is 1270. The highest BCUT2D eigenvalue weighted by atomic mass is 32.2. The van der Waals surface area contributed by atoms with Crippen LogP contribution in [0, 0.1) is 20.8 Å². The molecule has 1 aromatic heterocycles. The molecular weight excluding hydrogens is 450 g/mol. The number of anilines is 2. The van der Waals surface area contributed by atoms with Crippen molar-refractivity contribution < 1.29 is 9.59 Å². The quantitative estimate of drug-likeness (QED) is 0.406. The molecule has 0 aliphatic rings. The smallest absolute Gasteiger partial charge is 0.278 e. The first-order chi connectivity index (χ1) is 16.2. The van der Waals surface area contributed by atoms with Gasteiger partial charge in [-0.25, -0.2) is 0 Å². The van der Waals surface area contributed by atoms with Gasteiger partial charge in [-0.2, -0.15) is 0 Å². The van der Waals surface area contributed by atoms with Gasteiger partial charge in [0.2, 0.25) is 11.8 Å². The number of nitrogens with zero attached hydrogens (tertiary/aromatic N) is 2. The molecule has 0 aliphatic carbocycles. The summed E-state index contributed by atoms with van der Waals surface area (Å²) in [5.74, 6) is -0.336. The number of aromatic nitrogens is 3. The van der Waals surface area contributed by atoms with Crippen molar-refractivity contribution in [2.75, 3.05) is 10.6 Å². The molecule has 2 amide bonds. The van der Waals surface area contributed by atoms with Gasteiger partial charge >= 0.3 is 0 Å². The Hall–Kier alpha value is -3.46. The third kappa shape index (κ3) is 6.11. The maximum Gasteiger partial charge on any atom is 0.278 e. The summed E-state index contributed by atoms with van der Waals surface area (Å²) in [5.41, 5.74) is 4.42. The van der Waals surface area contributed by atoms with Gasteiger partial charge in [-0.1, -0.05) is 54.9 Å². The van der Waals surface area contributed by atoms with Gasteiger partial charge in [0.25, 0.3) is 5.56 Å². The lowest BCUT2D eigenvalue weighted by atomic mass is 10.1. The average Bonchev–Trinajstić information content (AvgIpc) is 2.80. The number of thioether (sulfide) groups is 1. The first kappa shape index (κ1) is 25.2. The third-order valence-electron chi connectivity index (χ3n) is 5.26. The lowest BCUT2D eigenvalue weighted by Crippen LogP contribution is -2.26. The summed E-state index contributed by atoms with van der Waals surface area (Å²) in [5, 5.41) is 13.8. The first-order valence-electron chi connectivity index (χ1n) is 11.1. The van der Waals surface area contributed by atoms with Crippen molar-refractivity contribution in [3.8, 4) is 11.3 Å². The minimum absolute atomic E-state index is 0.104. The molecule has 3 rings (SSSR count). The van der Waals surface area contributed by atoms with E-state index in [1.54, 1.807) is 19.1 Å². The summed E-state index contributed by atoms with van der Waals surface area (Å²) in [6, 6.07) is 11.2. The highest BCUT2D eigenvalue weighted by molar-refractivity contribution is 8.00. The number of rotatable bonds is 8. The molecule has 178 valence electrons. The number of carbonyl (C=O) groups is 2. The van der Waals surface area contributed by atoms with Crippen LogP contribution in [0.3, 0.4) is 0 Å². The number of aromatic amines is 1. The Morgan fingerprint density at radius 3 is 2.26 bits per heavy atom. The molecular formula is C25H29N5O3S. The molecule has 1 heterocycles. The van der Waals surface area contributed by atoms with Crippen LogP contribution in [0.1, 0.15) is 43.4 Å². The molecule has 0 fully saturated rings. The molecule has 1 atom stereocenters. The zero-order chi connectivity index (χ0) is 24.8. The largest absolute Gasteiger partial charge is 0.325 e. The van der Waals surface area contributed by atoms with E-state index in [4.69, 9.17) is 0 Å². The Labute approximate surface area is 203 Å². The second kappa shape index (κ2) is 11.1. The van der Waals surface area contributed by atoms with E-state index in [9.17, 15) is 14.4 Å². The van der Waals surface area contributed by atoms with E-state index in [-0.39, 0.29) is 22.7 Å². The van der Waals surface area contributed by atoms with Crippen LogP contribution in [-0.2, 0) is 9.59 Å². The zero-order valence-corrected chi connectivity index (χ0v) is 20.8. The lowest BCUT2D eigenvalue weighted by molar-refractivity contribution is -0.116. The van der Waals surface area contributed by atoms with E-state index < -0.39 is 10.8 Å². The minimum Gasteiger partial charge on any atom is -0.325 e. The monoisotopic (exact) mass is 479 g/mol. The molecule has 0 aliphatic heterocycles. The number of H-pyrrole nitrogens is 1. The Morgan fingerprint density at radius 1 is 0.971 bits per heavy atom. The number of hydrogen-bond acceptors (Lipinski definition) is 6. The van der Waals surface area contributed by atoms with Gasteiger partial charge in [0.15, 0.2) is 10.9 Å². The average molecular weight is 480 g/mol. The molecule has 0 unspecified atom stereocenters. The van der Waals surface area contributed by atoms with Crippen molar-refractivity contribution in [2.24, 2.45) is 0 Å². The fourth-order valence-corrected chi connectivity index (χ4v) is 4.22. The normalized spacial score (nSPS) is 11.7. The van der Waals surface area contributed by atoms with Crippen LogP contribution in [0.15, 0.2) is 46.3 Å². The molecule has 0 saturated heterocycles. The molecule has 0 radical (unpaired) electrons. The summed E-state index contributed by atoms with van der Waals surface area (Å²) in [6.45, 7) is 9.48. The van der Waals surface area contributed by atoms with Crippen molar-refractivity contribution >= 4 is 35.0 Å². The van der Waals surface area contributed by atoms with Gasteiger partial charge in [0, 0.05) is 17.7 Å². The van der Waals surface area contributed by atoms with Crippen LogP contribution in [0.4, 0.5) is 11.4 Å². The van der Waals surface area contributed by atoms with Gasteiger partial charge < -0.3 is 10.6 Å². The number of benzene rings is 2. The van der Waals surface area contributed by atoms with E-state index >= 15 is 0 Å². The van der Waals surface area contributed by atoms with Crippen LogP contribution in [0.25, 0.3) is 11.3 Å². The number of hydrogen-bond donors (Lipinski definition) is 3. The van der Waals surface area contributed by atoms with Crippen molar-refractivity contribution in [3.63, 3.8) is 0 Å². The molecule has 3 N–H and O–H groups in total. The molecule has 0 spiro atoms. The molecule has 8 nitrogen and oxygen atoms in total. The maximum atomic E-state index is 12.9. The van der Waals surface area contributed by atoms with Gasteiger partial charge in [0.1, 0.15) is 0 Å². The van der Waals surface area contributed by atoms with Crippen LogP contribution >= 0.6 is 11.8 Å². The van der Waals surface area contributed by atoms with E-state index in [0.29, 0.717) is 24.1 Å². The van der Waals surface area contributed by atoms with Crippen LogP contribution in [-0.4, -0.2) is 32.2 Å². The summed E-state index contributed by atoms with van der Waals surface area (Å²) >= 11 is 1.15. The standard InChI is InChI=1S/C25H29N5O3S/c1-6-20(23(32)27-18-10-8-14(3)12-16(18)5)34-25-28-24(33)22(29-30-25)17-13-15(4)9-11-19(17)26-21(31)7-2/h8-13,20H,6-7H2,1-5H3,(H,26,31)(H,27,32)(H,28,30,33)/t20-/m1/s1. The third-order valence-corrected chi connectivity index (χ3v) is 6.50. The van der Waals surface area contributed by atoms with Crippen LogP contribution < -0.4 is 16.2 Å². The summed E-state index contributed by atoms with van der Waals surface area (Å²) in [7, 11) is 0. The topological polar surface area (TPSA) is 117 Å². The first-order valence-corrected chi connectivity index (χ1v) is 12.0. The van der Waals surface area contributed by atoms with Gasteiger partial charge in [-0.05, 0) is 51.0 Å². The SMILES string of the molecule is CCC(=O)Nc1ccc(C)cc1-c1nnc(S[C@H](CC)C(=O)Nc2ccc(C)cc2C)[nH]c1=O. The molecule has 34 heavy (non-hydrogen) atoms. The number of aryl methyl sites for hydroxylation is 3. The van der Waals surface area contributed by atoms with Crippen LogP contribution in [0.5, 0.6) is 0 Å². The van der Waals surface area contributed by atoms with E-state index in [2.05, 4.69) is 25.8 Å². The lowest BCUT2D eigenvalue weighted by Gasteiger charge is -2.15. The summed E-state index contributed by atoms with van der Waals surface area (Å²) in [4.78, 5) is 40.4. The predicted octanol–water partition coefficient (Wildman–Crippen LogP) is 4.62. The highest BCUT2D eigenvalue weighted by Gasteiger charge is 2.21. The molecule has 0 saturated carbocycles. The van der Waals surface area contributed by atoms with Crippen molar-refractivity contribution in [3.05, 3.63) is 63.4 Å². The highest BCUT2D eigenvalue weighted by Crippen LogP contribution is 2.27.